The number of ether oxygens (including phenoxy) is 1. The second-order valence-corrected chi connectivity index (χ2v) is 3.92. The summed E-state index contributed by atoms with van der Waals surface area (Å²) in [6, 6.07) is -1.37. The molecule has 0 saturated carbocycles. The van der Waals surface area contributed by atoms with Gasteiger partial charge < -0.3 is 10.1 Å². The second-order valence-electron chi connectivity index (χ2n) is 3.92. The van der Waals surface area contributed by atoms with E-state index in [2.05, 4.69) is 4.74 Å². The zero-order chi connectivity index (χ0) is 15.4. The third-order valence-electron chi connectivity index (χ3n) is 2.00. The Balaban J connectivity index is 4.53. The Morgan fingerprint density at radius 1 is 1.05 bits per heavy atom. The van der Waals surface area contributed by atoms with Crippen LogP contribution in [0, 0.1) is 5.92 Å². The van der Waals surface area contributed by atoms with E-state index in [1.807, 2.05) is 0 Å². The fraction of sp³-hybridized carbons (Fsp3) is 0.778. The SMILES string of the molecule is CC(C)[C@H](COC(=O)C(F)(F)F)NC(=O)C(F)(F)F. The number of nitrogens with one attached hydrogen (secondary N) is 1. The van der Waals surface area contributed by atoms with Gasteiger partial charge in [-0.25, -0.2) is 4.79 Å². The van der Waals surface area contributed by atoms with Crippen LogP contribution in [0.2, 0.25) is 0 Å². The first kappa shape index (κ1) is 17.5. The Labute approximate surface area is 104 Å². The van der Waals surface area contributed by atoms with Gasteiger partial charge in [0.25, 0.3) is 0 Å². The van der Waals surface area contributed by atoms with E-state index in [1.54, 1.807) is 0 Å². The molecular formula is C9H11F6NO3. The summed E-state index contributed by atoms with van der Waals surface area (Å²) >= 11 is 0. The lowest BCUT2D eigenvalue weighted by molar-refractivity contribution is -0.201. The normalized spacial score (nSPS) is 14.2. The van der Waals surface area contributed by atoms with Gasteiger partial charge in [0.1, 0.15) is 6.61 Å². The number of carbonyl (C=O) groups is 2. The number of halogens is 6. The van der Waals surface area contributed by atoms with E-state index >= 15 is 0 Å². The minimum absolute atomic E-state index is 0.660. The Kier molecular flexibility index (Phi) is 5.63. The van der Waals surface area contributed by atoms with Crippen molar-refractivity contribution in [1.29, 1.82) is 0 Å². The lowest BCUT2D eigenvalue weighted by atomic mass is 10.1. The van der Waals surface area contributed by atoms with E-state index in [-0.39, 0.29) is 0 Å². The predicted molar refractivity (Wildman–Crippen MR) is 49.8 cm³/mol. The summed E-state index contributed by atoms with van der Waals surface area (Å²) < 4.78 is 75.1. The molecule has 1 amide bonds. The number of alkyl halides is 6. The molecule has 112 valence electrons. The molecule has 0 unspecified atom stereocenters. The summed E-state index contributed by atoms with van der Waals surface area (Å²) in [6.45, 7) is 1.70. The van der Waals surface area contributed by atoms with Crippen molar-refractivity contribution in [2.75, 3.05) is 6.61 Å². The van der Waals surface area contributed by atoms with E-state index in [0.29, 0.717) is 0 Å². The highest BCUT2D eigenvalue weighted by atomic mass is 19.4. The van der Waals surface area contributed by atoms with E-state index < -0.39 is 42.8 Å². The Morgan fingerprint density at radius 3 is 1.84 bits per heavy atom. The largest absolute Gasteiger partial charge is 0.490 e. The van der Waals surface area contributed by atoms with Crippen LogP contribution in [0.25, 0.3) is 0 Å². The average molecular weight is 295 g/mol. The summed E-state index contributed by atoms with van der Waals surface area (Å²) in [5, 5.41) is 1.45. The van der Waals surface area contributed by atoms with Gasteiger partial charge in [-0.2, -0.15) is 26.3 Å². The van der Waals surface area contributed by atoms with Gasteiger partial charge in [-0.3, -0.25) is 4.79 Å². The van der Waals surface area contributed by atoms with E-state index in [4.69, 9.17) is 0 Å². The molecular weight excluding hydrogens is 284 g/mol. The van der Waals surface area contributed by atoms with Crippen LogP contribution in [-0.2, 0) is 14.3 Å². The van der Waals surface area contributed by atoms with Crippen LogP contribution >= 0.6 is 0 Å². The maximum atomic E-state index is 12.0. The van der Waals surface area contributed by atoms with Gasteiger partial charge in [-0.15, -0.1) is 0 Å². The average Bonchev–Trinajstić information content (AvgIpc) is 2.19. The third kappa shape index (κ3) is 6.30. The molecule has 0 aromatic rings. The van der Waals surface area contributed by atoms with Crippen LogP contribution in [0.5, 0.6) is 0 Å². The van der Waals surface area contributed by atoms with Crippen molar-refractivity contribution < 1.29 is 40.7 Å². The fourth-order valence-corrected chi connectivity index (χ4v) is 0.898. The van der Waals surface area contributed by atoms with Crippen LogP contribution in [0.3, 0.4) is 0 Å². The number of rotatable bonds is 4. The summed E-state index contributed by atoms with van der Waals surface area (Å²) in [6.07, 6.45) is -10.4. The minimum atomic E-state index is -5.24. The molecule has 0 bridgehead atoms. The van der Waals surface area contributed by atoms with E-state index in [1.165, 1.54) is 19.2 Å². The van der Waals surface area contributed by atoms with Crippen LogP contribution in [0.15, 0.2) is 0 Å². The molecule has 0 rings (SSSR count). The summed E-state index contributed by atoms with van der Waals surface area (Å²) in [7, 11) is 0. The van der Waals surface area contributed by atoms with Gasteiger partial charge in [0.15, 0.2) is 0 Å². The highest BCUT2D eigenvalue weighted by Gasteiger charge is 2.43. The molecule has 4 nitrogen and oxygen atoms in total. The molecule has 0 aliphatic rings. The molecule has 0 fully saturated rings. The minimum Gasteiger partial charge on any atom is -0.457 e. The number of amides is 1. The lowest BCUT2D eigenvalue weighted by Crippen LogP contribution is -2.48. The highest BCUT2D eigenvalue weighted by Crippen LogP contribution is 2.18. The number of hydrogen-bond donors (Lipinski definition) is 1. The van der Waals surface area contributed by atoms with Crippen molar-refractivity contribution in [3.63, 3.8) is 0 Å². The molecule has 0 aromatic heterocycles. The maximum absolute atomic E-state index is 12.0. The summed E-state index contributed by atoms with van der Waals surface area (Å²) in [5.41, 5.74) is 0. The standard InChI is InChI=1S/C9H11F6NO3/c1-4(2)5(16-6(17)8(10,11)12)3-19-7(18)9(13,14)15/h4-5H,3H2,1-2H3,(H,16,17)/t5-/m0/s1. The number of hydrogen-bond acceptors (Lipinski definition) is 3. The smallest absolute Gasteiger partial charge is 0.457 e. The van der Waals surface area contributed by atoms with E-state index in [9.17, 15) is 35.9 Å². The Bertz CT molecular complexity index is 336. The van der Waals surface area contributed by atoms with Gasteiger partial charge >= 0.3 is 24.2 Å². The molecule has 10 heteroatoms. The molecule has 1 N–H and O–H groups in total. The van der Waals surface area contributed by atoms with Crippen molar-refractivity contribution in [2.45, 2.75) is 32.2 Å². The zero-order valence-corrected chi connectivity index (χ0v) is 9.85. The third-order valence-corrected chi connectivity index (χ3v) is 2.00. The van der Waals surface area contributed by atoms with Crippen LogP contribution in [0.4, 0.5) is 26.3 Å². The van der Waals surface area contributed by atoms with E-state index in [0.717, 1.165) is 0 Å². The second kappa shape index (κ2) is 6.11. The number of carbonyl (C=O) groups excluding carboxylic acids is 2. The Hall–Kier alpha value is -1.48. The van der Waals surface area contributed by atoms with Crippen molar-refractivity contribution in [1.82, 2.24) is 5.32 Å². The zero-order valence-electron chi connectivity index (χ0n) is 9.85. The van der Waals surface area contributed by atoms with Gasteiger partial charge in [-0.1, -0.05) is 13.8 Å². The number of esters is 1. The summed E-state index contributed by atoms with van der Waals surface area (Å²) in [4.78, 5) is 21.0. The van der Waals surface area contributed by atoms with Gasteiger partial charge in [0.2, 0.25) is 0 Å². The van der Waals surface area contributed by atoms with Gasteiger partial charge in [0.05, 0.1) is 6.04 Å². The first-order chi connectivity index (χ1) is 8.35. The molecule has 0 aliphatic carbocycles. The molecule has 0 aliphatic heterocycles. The highest BCUT2D eigenvalue weighted by molar-refractivity contribution is 5.82. The van der Waals surface area contributed by atoms with Crippen LogP contribution in [-0.4, -0.2) is 36.9 Å². The Morgan fingerprint density at radius 2 is 1.53 bits per heavy atom. The van der Waals surface area contributed by atoms with Crippen molar-refractivity contribution in [2.24, 2.45) is 5.92 Å². The van der Waals surface area contributed by atoms with Crippen LogP contribution < -0.4 is 5.32 Å². The molecule has 0 heterocycles. The first-order valence-corrected chi connectivity index (χ1v) is 4.97. The lowest BCUT2D eigenvalue weighted by Gasteiger charge is -2.22. The van der Waals surface area contributed by atoms with Crippen LogP contribution in [0.1, 0.15) is 13.8 Å². The molecule has 0 radical (unpaired) electrons. The topological polar surface area (TPSA) is 55.4 Å². The fourth-order valence-electron chi connectivity index (χ4n) is 0.898. The first-order valence-electron chi connectivity index (χ1n) is 4.97. The maximum Gasteiger partial charge on any atom is 0.490 e. The van der Waals surface area contributed by atoms with Crippen molar-refractivity contribution >= 4 is 11.9 Å². The monoisotopic (exact) mass is 295 g/mol. The van der Waals surface area contributed by atoms with Crippen molar-refractivity contribution in [3.8, 4) is 0 Å². The molecule has 1 atom stereocenters. The summed E-state index contributed by atoms with van der Waals surface area (Å²) in [5.74, 6) is -5.50. The molecule has 0 spiro atoms. The molecule has 19 heavy (non-hydrogen) atoms. The molecule has 0 saturated heterocycles. The van der Waals surface area contributed by atoms with Gasteiger partial charge in [0, 0.05) is 0 Å². The molecule has 0 aromatic carbocycles. The predicted octanol–water partition coefficient (Wildman–Crippen LogP) is 1.79. The van der Waals surface area contributed by atoms with Gasteiger partial charge in [-0.05, 0) is 5.92 Å². The van der Waals surface area contributed by atoms with Crippen molar-refractivity contribution in [3.05, 3.63) is 0 Å². The quantitative estimate of drug-likeness (QED) is 0.635.